The monoisotopic (exact) mass is 315 g/mol. The number of nitrogens with one attached hydrogen (secondary N) is 1. The van der Waals surface area contributed by atoms with Gasteiger partial charge in [0.2, 0.25) is 5.91 Å². The van der Waals surface area contributed by atoms with Crippen LogP contribution in [0.4, 0.5) is 10.9 Å². The first kappa shape index (κ1) is 13.7. The van der Waals surface area contributed by atoms with Crippen molar-refractivity contribution in [2.75, 3.05) is 36.5 Å². The van der Waals surface area contributed by atoms with E-state index in [9.17, 15) is 4.79 Å². The molecule has 4 rings (SSSR count). The minimum absolute atomic E-state index is 0.0418. The van der Waals surface area contributed by atoms with Gasteiger partial charge in [0.1, 0.15) is 5.82 Å². The van der Waals surface area contributed by atoms with Crippen LogP contribution in [0, 0.1) is 0 Å². The first-order valence-electron chi connectivity index (χ1n) is 7.49. The Kier molecular flexibility index (Phi) is 3.56. The Bertz CT molecular complexity index is 680. The summed E-state index contributed by atoms with van der Waals surface area (Å²) in [5.74, 6) is 0.883. The number of amides is 1. The highest BCUT2D eigenvalue weighted by Crippen LogP contribution is 2.43. The summed E-state index contributed by atoms with van der Waals surface area (Å²) in [6, 6.07) is 10.2. The second-order valence-corrected chi connectivity index (χ2v) is 6.53. The van der Waals surface area contributed by atoms with Gasteiger partial charge in [0.25, 0.3) is 0 Å². The molecule has 0 saturated carbocycles. The van der Waals surface area contributed by atoms with Gasteiger partial charge in [-0.05, 0) is 5.56 Å². The van der Waals surface area contributed by atoms with Crippen LogP contribution >= 0.6 is 11.3 Å². The first-order valence-corrected chi connectivity index (χ1v) is 8.31. The van der Waals surface area contributed by atoms with Crippen molar-refractivity contribution in [1.29, 1.82) is 0 Å². The Hall–Kier alpha value is -1.92. The van der Waals surface area contributed by atoms with E-state index in [1.54, 1.807) is 11.3 Å². The number of carbonyl (C=O) groups is 1. The summed E-state index contributed by atoms with van der Waals surface area (Å²) in [7, 11) is 0. The molecule has 2 aliphatic heterocycles. The van der Waals surface area contributed by atoms with E-state index in [0.29, 0.717) is 6.42 Å². The number of rotatable bonds is 2. The van der Waals surface area contributed by atoms with E-state index in [-0.39, 0.29) is 11.8 Å². The molecule has 1 aromatic heterocycles. The van der Waals surface area contributed by atoms with Crippen molar-refractivity contribution in [3.05, 3.63) is 40.8 Å². The molecule has 1 fully saturated rings. The van der Waals surface area contributed by atoms with Crippen LogP contribution in [0.5, 0.6) is 0 Å². The second-order valence-electron chi connectivity index (χ2n) is 5.52. The van der Waals surface area contributed by atoms with Crippen LogP contribution in [0.2, 0.25) is 0 Å². The van der Waals surface area contributed by atoms with Crippen LogP contribution in [0.15, 0.2) is 30.3 Å². The zero-order chi connectivity index (χ0) is 14.9. The van der Waals surface area contributed by atoms with Gasteiger partial charge in [0.15, 0.2) is 5.13 Å². The Labute approximate surface area is 132 Å². The number of ether oxygens (including phenoxy) is 1. The minimum atomic E-state index is 0.0418. The molecule has 0 bridgehead atoms. The third-order valence-electron chi connectivity index (χ3n) is 4.09. The van der Waals surface area contributed by atoms with Gasteiger partial charge in [-0.15, -0.1) is 0 Å². The van der Waals surface area contributed by atoms with E-state index >= 15 is 0 Å². The van der Waals surface area contributed by atoms with Crippen molar-refractivity contribution >= 4 is 28.2 Å². The molecule has 6 heteroatoms. The third-order valence-corrected chi connectivity index (χ3v) is 5.32. The number of anilines is 2. The van der Waals surface area contributed by atoms with E-state index in [2.05, 4.69) is 27.3 Å². The standard InChI is InChI=1S/C16H17N3O2S/c20-13-10-12(11-4-2-1-3-5-11)14-15(17-13)18-16(22-14)19-6-8-21-9-7-19/h1-5,12H,6-10H2,(H,17,20)/t12-/m0/s1. The summed E-state index contributed by atoms with van der Waals surface area (Å²) in [5, 5.41) is 3.90. The van der Waals surface area contributed by atoms with Gasteiger partial charge in [-0.25, -0.2) is 4.98 Å². The second kappa shape index (κ2) is 5.70. The lowest BCUT2D eigenvalue weighted by Crippen LogP contribution is -2.36. The van der Waals surface area contributed by atoms with Gasteiger partial charge in [0, 0.05) is 25.4 Å². The van der Waals surface area contributed by atoms with E-state index < -0.39 is 0 Å². The number of thiazole rings is 1. The van der Waals surface area contributed by atoms with Crippen LogP contribution in [0.1, 0.15) is 22.8 Å². The molecule has 2 aromatic rings. The molecule has 114 valence electrons. The molecule has 0 aliphatic carbocycles. The topological polar surface area (TPSA) is 54.5 Å². The number of carbonyl (C=O) groups excluding carboxylic acids is 1. The van der Waals surface area contributed by atoms with Crippen molar-refractivity contribution in [3.8, 4) is 0 Å². The molecule has 1 atom stereocenters. The maximum absolute atomic E-state index is 12.0. The fourth-order valence-corrected chi connectivity index (χ4v) is 4.15. The number of nitrogens with zero attached hydrogens (tertiary/aromatic N) is 2. The highest BCUT2D eigenvalue weighted by Gasteiger charge is 2.31. The lowest BCUT2D eigenvalue weighted by atomic mass is 9.92. The van der Waals surface area contributed by atoms with E-state index in [0.717, 1.165) is 42.1 Å². The highest BCUT2D eigenvalue weighted by atomic mass is 32.1. The van der Waals surface area contributed by atoms with E-state index in [1.165, 1.54) is 5.56 Å². The molecule has 22 heavy (non-hydrogen) atoms. The lowest BCUT2D eigenvalue weighted by Gasteiger charge is -2.26. The van der Waals surface area contributed by atoms with Gasteiger partial charge in [-0.3, -0.25) is 4.79 Å². The summed E-state index contributed by atoms with van der Waals surface area (Å²) in [4.78, 5) is 20.1. The quantitative estimate of drug-likeness (QED) is 0.925. The molecule has 1 amide bonds. The molecule has 0 unspecified atom stereocenters. The number of benzene rings is 1. The largest absolute Gasteiger partial charge is 0.378 e. The average Bonchev–Trinajstić information content (AvgIpc) is 2.99. The van der Waals surface area contributed by atoms with Crippen molar-refractivity contribution in [2.24, 2.45) is 0 Å². The molecule has 5 nitrogen and oxygen atoms in total. The van der Waals surface area contributed by atoms with Gasteiger partial charge < -0.3 is 15.0 Å². The zero-order valence-electron chi connectivity index (χ0n) is 12.1. The number of fused-ring (bicyclic) bond motifs is 1. The summed E-state index contributed by atoms with van der Waals surface area (Å²) in [6.45, 7) is 3.18. The Morgan fingerprint density at radius 2 is 2.00 bits per heavy atom. The van der Waals surface area contributed by atoms with Crippen molar-refractivity contribution in [3.63, 3.8) is 0 Å². The molecule has 3 heterocycles. The summed E-state index contributed by atoms with van der Waals surface area (Å²) < 4.78 is 5.40. The third kappa shape index (κ3) is 2.48. The fraction of sp³-hybridized carbons (Fsp3) is 0.375. The Morgan fingerprint density at radius 1 is 1.23 bits per heavy atom. The Morgan fingerprint density at radius 3 is 2.77 bits per heavy atom. The zero-order valence-corrected chi connectivity index (χ0v) is 12.9. The lowest BCUT2D eigenvalue weighted by molar-refractivity contribution is -0.116. The number of hydrogen-bond acceptors (Lipinski definition) is 5. The first-order chi connectivity index (χ1) is 10.8. The van der Waals surface area contributed by atoms with Crippen LogP contribution in [-0.2, 0) is 9.53 Å². The van der Waals surface area contributed by atoms with Gasteiger partial charge in [0.05, 0.1) is 18.1 Å². The maximum Gasteiger partial charge on any atom is 0.226 e. The smallest absolute Gasteiger partial charge is 0.226 e. The van der Waals surface area contributed by atoms with Crippen LogP contribution in [0.3, 0.4) is 0 Å². The summed E-state index contributed by atoms with van der Waals surface area (Å²) >= 11 is 1.69. The molecule has 0 spiro atoms. The predicted molar refractivity (Wildman–Crippen MR) is 86.7 cm³/mol. The van der Waals surface area contributed by atoms with E-state index in [4.69, 9.17) is 4.74 Å². The molecule has 1 aromatic carbocycles. The van der Waals surface area contributed by atoms with Gasteiger partial charge in [-0.2, -0.15) is 0 Å². The molecule has 1 saturated heterocycles. The van der Waals surface area contributed by atoms with Crippen molar-refractivity contribution in [2.45, 2.75) is 12.3 Å². The number of aromatic nitrogens is 1. The van der Waals surface area contributed by atoms with Crippen molar-refractivity contribution in [1.82, 2.24) is 4.98 Å². The molecular formula is C16H17N3O2S. The maximum atomic E-state index is 12.0. The predicted octanol–water partition coefficient (Wildman–Crippen LogP) is 2.45. The normalized spacial score (nSPS) is 21.4. The molecule has 2 aliphatic rings. The molecule has 0 radical (unpaired) electrons. The van der Waals surface area contributed by atoms with Crippen LogP contribution in [-0.4, -0.2) is 37.2 Å². The number of hydrogen-bond donors (Lipinski definition) is 1. The number of morpholine rings is 1. The fourth-order valence-electron chi connectivity index (χ4n) is 2.95. The van der Waals surface area contributed by atoms with Crippen molar-refractivity contribution < 1.29 is 9.53 Å². The van der Waals surface area contributed by atoms with Crippen LogP contribution < -0.4 is 10.2 Å². The van der Waals surface area contributed by atoms with Crippen LogP contribution in [0.25, 0.3) is 0 Å². The van der Waals surface area contributed by atoms with E-state index in [1.807, 2.05) is 18.2 Å². The SMILES string of the molecule is O=C1C[C@@H](c2ccccc2)c2sc(N3CCOCC3)nc2N1. The molecule has 1 N–H and O–H groups in total. The summed E-state index contributed by atoms with van der Waals surface area (Å²) in [6.07, 6.45) is 0.488. The average molecular weight is 315 g/mol. The minimum Gasteiger partial charge on any atom is -0.378 e. The van der Waals surface area contributed by atoms with Gasteiger partial charge in [-0.1, -0.05) is 41.7 Å². The summed E-state index contributed by atoms with van der Waals surface area (Å²) in [5.41, 5.74) is 1.18. The highest BCUT2D eigenvalue weighted by molar-refractivity contribution is 7.16. The Balaban J connectivity index is 1.70. The molecular weight excluding hydrogens is 298 g/mol. The van der Waals surface area contributed by atoms with Gasteiger partial charge >= 0.3 is 0 Å².